The molecule has 2 rings (SSSR count). The van der Waals surface area contributed by atoms with Gasteiger partial charge in [0.15, 0.2) is 0 Å². The summed E-state index contributed by atoms with van der Waals surface area (Å²) in [4.78, 5) is 12.1. The molecule has 0 bridgehead atoms. The lowest BCUT2D eigenvalue weighted by Gasteiger charge is -2.14. The highest BCUT2D eigenvalue weighted by atomic mass is 16.1. The van der Waals surface area contributed by atoms with Crippen LogP contribution in [0.2, 0.25) is 0 Å². The molecule has 1 saturated carbocycles. The quantitative estimate of drug-likeness (QED) is 0.691. The predicted octanol–water partition coefficient (Wildman–Crippen LogP) is 4.08. The molecule has 0 unspecified atom stereocenters. The van der Waals surface area contributed by atoms with Crippen molar-refractivity contribution in [2.75, 3.05) is 0 Å². The van der Waals surface area contributed by atoms with Crippen molar-refractivity contribution < 1.29 is 4.79 Å². The number of rotatable bonds is 1. The van der Waals surface area contributed by atoms with Crippen LogP contribution in [-0.4, -0.2) is 5.78 Å². The van der Waals surface area contributed by atoms with E-state index >= 15 is 0 Å². The lowest BCUT2D eigenvalue weighted by atomic mass is 9.88. The summed E-state index contributed by atoms with van der Waals surface area (Å²) in [5.74, 6) is 0.618. The Labute approximate surface area is 97.9 Å². The van der Waals surface area contributed by atoms with Gasteiger partial charge in [-0.25, -0.2) is 0 Å². The van der Waals surface area contributed by atoms with Crippen molar-refractivity contribution in [2.45, 2.75) is 50.9 Å². The average molecular weight is 216 g/mol. The average Bonchev–Trinajstić information content (AvgIpc) is 2.43. The molecule has 1 aliphatic carbocycles. The lowest BCUT2D eigenvalue weighted by molar-refractivity contribution is -0.120. The normalized spacial score (nSPS) is 23.2. The maximum absolute atomic E-state index is 12.1. The fourth-order valence-electron chi connectivity index (χ4n) is 2.55. The minimum atomic E-state index is 0.166. The topological polar surface area (TPSA) is 17.1 Å². The molecule has 0 spiro atoms. The Morgan fingerprint density at radius 1 is 0.875 bits per heavy atom. The van der Waals surface area contributed by atoms with Crippen LogP contribution in [0.3, 0.4) is 0 Å². The molecule has 1 nitrogen and oxygen atoms in total. The maximum Gasteiger partial charge on any atom is 0.140 e. The number of hydrogen-bond donors (Lipinski definition) is 0. The van der Waals surface area contributed by atoms with Gasteiger partial charge in [-0.2, -0.15) is 0 Å². The summed E-state index contributed by atoms with van der Waals surface area (Å²) < 4.78 is 0. The Hall–Kier alpha value is -1.11. The Kier molecular flexibility index (Phi) is 4.15. The van der Waals surface area contributed by atoms with E-state index < -0.39 is 0 Å². The molecule has 1 atom stereocenters. The lowest BCUT2D eigenvalue weighted by Crippen LogP contribution is -2.11. The van der Waals surface area contributed by atoms with Crippen molar-refractivity contribution in [3.05, 3.63) is 35.9 Å². The minimum Gasteiger partial charge on any atom is -0.299 e. The van der Waals surface area contributed by atoms with Crippen LogP contribution in [0.25, 0.3) is 0 Å². The minimum absolute atomic E-state index is 0.166. The second kappa shape index (κ2) is 5.83. The third-order valence-electron chi connectivity index (χ3n) is 3.51. The summed E-state index contributed by atoms with van der Waals surface area (Å²) in [6, 6.07) is 10.3. The van der Waals surface area contributed by atoms with Gasteiger partial charge in [-0.3, -0.25) is 4.79 Å². The van der Waals surface area contributed by atoms with Crippen LogP contribution in [-0.2, 0) is 4.79 Å². The second-order valence-corrected chi connectivity index (χ2v) is 4.74. The van der Waals surface area contributed by atoms with Gasteiger partial charge >= 0.3 is 0 Å². The van der Waals surface area contributed by atoms with Crippen LogP contribution < -0.4 is 0 Å². The van der Waals surface area contributed by atoms with Gasteiger partial charge in [-0.05, 0) is 18.4 Å². The molecule has 0 radical (unpaired) electrons. The van der Waals surface area contributed by atoms with Gasteiger partial charge < -0.3 is 0 Å². The van der Waals surface area contributed by atoms with Gasteiger partial charge in [-0.1, -0.05) is 56.0 Å². The molecule has 0 saturated heterocycles. The summed E-state index contributed by atoms with van der Waals surface area (Å²) in [6.07, 6.45) is 7.93. The number of Topliss-reactive ketones (excluding diaryl/α,β-unsaturated/α-hetero) is 1. The van der Waals surface area contributed by atoms with E-state index in [2.05, 4.69) is 12.1 Å². The summed E-state index contributed by atoms with van der Waals surface area (Å²) in [5, 5.41) is 0. The van der Waals surface area contributed by atoms with Gasteiger partial charge in [0.2, 0.25) is 0 Å². The highest BCUT2D eigenvalue weighted by Crippen LogP contribution is 2.27. The third kappa shape index (κ3) is 2.94. The van der Waals surface area contributed by atoms with Crippen molar-refractivity contribution in [3.63, 3.8) is 0 Å². The Morgan fingerprint density at radius 3 is 2.38 bits per heavy atom. The number of carbonyl (C=O) groups is 1. The van der Waals surface area contributed by atoms with E-state index in [0.717, 1.165) is 19.3 Å². The molecular formula is C15H20O. The van der Waals surface area contributed by atoms with Gasteiger partial charge in [0, 0.05) is 12.3 Å². The molecule has 0 heterocycles. The largest absolute Gasteiger partial charge is 0.299 e. The second-order valence-electron chi connectivity index (χ2n) is 4.74. The molecule has 0 aromatic heterocycles. The molecular weight excluding hydrogens is 196 g/mol. The van der Waals surface area contributed by atoms with E-state index in [4.69, 9.17) is 0 Å². The smallest absolute Gasteiger partial charge is 0.140 e. The predicted molar refractivity (Wildman–Crippen MR) is 66.5 cm³/mol. The molecule has 0 N–H and O–H groups in total. The van der Waals surface area contributed by atoms with Crippen LogP contribution in [0.4, 0.5) is 0 Å². The fraction of sp³-hybridized carbons (Fsp3) is 0.533. The first-order chi connectivity index (χ1) is 7.88. The zero-order valence-electron chi connectivity index (χ0n) is 9.82. The first-order valence-electron chi connectivity index (χ1n) is 6.45. The molecule has 0 amide bonds. The van der Waals surface area contributed by atoms with Crippen molar-refractivity contribution in [1.29, 1.82) is 0 Å². The number of ketones is 1. The van der Waals surface area contributed by atoms with Gasteiger partial charge in [0.1, 0.15) is 5.78 Å². The molecule has 1 heteroatoms. The van der Waals surface area contributed by atoms with Crippen molar-refractivity contribution in [1.82, 2.24) is 0 Å². The zero-order valence-corrected chi connectivity index (χ0v) is 9.82. The highest BCUT2D eigenvalue weighted by molar-refractivity contribution is 5.85. The van der Waals surface area contributed by atoms with Crippen molar-refractivity contribution in [3.8, 4) is 0 Å². The molecule has 16 heavy (non-hydrogen) atoms. The molecule has 1 fully saturated rings. The Balaban J connectivity index is 2.12. The van der Waals surface area contributed by atoms with Gasteiger partial charge in [-0.15, -0.1) is 0 Å². The highest BCUT2D eigenvalue weighted by Gasteiger charge is 2.20. The first kappa shape index (κ1) is 11.4. The fourth-order valence-corrected chi connectivity index (χ4v) is 2.55. The molecule has 1 aromatic rings. The van der Waals surface area contributed by atoms with Crippen molar-refractivity contribution >= 4 is 5.78 Å². The van der Waals surface area contributed by atoms with E-state index in [1.807, 2.05) is 18.2 Å². The van der Waals surface area contributed by atoms with Gasteiger partial charge in [0.05, 0.1) is 0 Å². The van der Waals surface area contributed by atoms with Crippen LogP contribution in [0.5, 0.6) is 0 Å². The first-order valence-corrected chi connectivity index (χ1v) is 6.45. The number of benzene rings is 1. The Bertz CT molecular complexity index is 329. The SMILES string of the molecule is O=C1CCCCCCC[C@H]1c1ccccc1. The third-order valence-corrected chi connectivity index (χ3v) is 3.51. The van der Waals surface area contributed by atoms with Crippen LogP contribution in [0.1, 0.15) is 56.4 Å². The van der Waals surface area contributed by atoms with Crippen LogP contribution in [0, 0.1) is 0 Å². The van der Waals surface area contributed by atoms with E-state index in [1.54, 1.807) is 0 Å². The molecule has 86 valence electrons. The standard InChI is InChI=1S/C15H20O/c16-15-12-8-3-1-2-7-11-14(15)13-9-5-4-6-10-13/h4-6,9-10,14H,1-3,7-8,11-12H2/t14-/m0/s1. The van der Waals surface area contributed by atoms with E-state index in [-0.39, 0.29) is 5.92 Å². The number of carbonyl (C=O) groups excluding carboxylic acids is 1. The van der Waals surface area contributed by atoms with Crippen LogP contribution >= 0.6 is 0 Å². The summed E-state index contributed by atoms with van der Waals surface area (Å²) >= 11 is 0. The molecule has 0 aliphatic heterocycles. The summed E-state index contributed by atoms with van der Waals surface area (Å²) in [5.41, 5.74) is 1.22. The Morgan fingerprint density at radius 2 is 1.56 bits per heavy atom. The zero-order chi connectivity index (χ0) is 11.2. The van der Waals surface area contributed by atoms with Crippen molar-refractivity contribution in [2.24, 2.45) is 0 Å². The summed E-state index contributed by atoms with van der Waals surface area (Å²) in [6.45, 7) is 0. The summed E-state index contributed by atoms with van der Waals surface area (Å²) in [7, 11) is 0. The number of hydrogen-bond acceptors (Lipinski definition) is 1. The van der Waals surface area contributed by atoms with Gasteiger partial charge in [0.25, 0.3) is 0 Å². The maximum atomic E-state index is 12.1. The monoisotopic (exact) mass is 216 g/mol. The van der Waals surface area contributed by atoms with E-state index in [9.17, 15) is 4.79 Å². The van der Waals surface area contributed by atoms with E-state index in [1.165, 1.54) is 31.2 Å². The molecule has 1 aromatic carbocycles. The van der Waals surface area contributed by atoms with E-state index in [0.29, 0.717) is 5.78 Å². The molecule has 1 aliphatic rings. The van der Waals surface area contributed by atoms with Crippen LogP contribution in [0.15, 0.2) is 30.3 Å².